The van der Waals surface area contributed by atoms with Crippen molar-refractivity contribution >= 4 is 29.3 Å². The summed E-state index contributed by atoms with van der Waals surface area (Å²) in [6.45, 7) is 2.04. The minimum absolute atomic E-state index is 0.0305. The topological polar surface area (TPSA) is 88.9 Å². The molecule has 0 bridgehead atoms. The molecule has 2 N–H and O–H groups in total. The maximum atomic E-state index is 13.7. The van der Waals surface area contributed by atoms with Gasteiger partial charge in [-0.05, 0) is 36.8 Å². The van der Waals surface area contributed by atoms with Gasteiger partial charge in [-0.2, -0.15) is 0 Å². The number of benzene rings is 2. The Morgan fingerprint density at radius 2 is 1.93 bits per heavy atom. The molecule has 0 unspecified atom stereocenters. The first-order valence-electron chi connectivity index (χ1n) is 8.84. The van der Waals surface area contributed by atoms with Crippen LogP contribution in [0.1, 0.15) is 21.7 Å². The lowest BCUT2D eigenvalue weighted by Crippen LogP contribution is -2.25. The number of hydrogen-bond donors (Lipinski definition) is 2. The number of carbonyl (C=O) groups excluding carboxylic acids is 2. The van der Waals surface area contributed by atoms with Gasteiger partial charge >= 0.3 is 0 Å². The number of aromatic nitrogens is 3. The summed E-state index contributed by atoms with van der Waals surface area (Å²) < 4.78 is 15.4. The van der Waals surface area contributed by atoms with Gasteiger partial charge in [0.05, 0.1) is 17.9 Å². The van der Waals surface area contributed by atoms with Crippen LogP contribution in [0.25, 0.3) is 0 Å². The minimum Gasteiger partial charge on any atom is -0.345 e. The fraction of sp³-hybridized carbons (Fsp3) is 0.200. The molecule has 1 aromatic heterocycles. The van der Waals surface area contributed by atoms with Gasteiger partial charge in [0.25, 0.3) is 5.91 Å². The van der Waals surface area contributed by atoms with Crippen LogP contribution in [0.3, 0.4) is 0 Å². The highest BCUT2D eigenvalue weighted by Crippen LogP contribution is 2.17. The second kappa shape index (κ2) is 9.33. The van der Waals surface area contributed by atoms with E-state index in [9.17, 15) is 14.0 Å². The molecule has 2 amide bonds. The Hall–Kier alpha value is -3.20. The van der Waals surface area contributed by atoms with E-state index in [4.69, 9.17) is 0 Å². The third-order valence-corrected chi connectivity index (χ3v) is 5.11. The lowest BCUT2D eigenvalue weighted by molar-refractivity contribution is -0.113. The summed E-state index contributed by atoms with van der Waals surface area (Å²) in [5.41, 5.74) is 1.77. The van der Waals surface area contributed by atoms with Gasteiger partial charge in [-0.1, -0.05) is 36.0 Å². The molecule has 0 saturated carbocycles. The molecule has 0 aliphatic heterocycles. The monoisotopic (exact) mass is 413 g/mol. The molecule has 3 rings (SSSR count). The van der Waals surface area contributed by atoms with Gasteiger partial charge < -0.3 is 15.2 Å². The molecular formula is C20H20FN5O2S. The average molecular weight is 413 g/mol. The molecule has 0 aliphatic rings. The highest BCUT2D eigenvalue weighted by molar-refractivity contribution is 7.99. The third-order valence-electron chi connectivity index (χ3n) is 4.08. The summed E-state index contributed by atoms with van der Waals surface area (Å²) in [4.78, 5) is 24.2. The van der Waals surface area contributed by atoms with E-state index in [1.165, 1.54) is 30.0 Å². The van der Waals surface area contributed by atoms with Gasteiger partial charge in [-0.3, -0.25) is 9.59 Å². The van der Waals surface area contributed by atoms with Crippen molar-refractivity contribution in [3.63, 3.8) is 0 Å². The molecule has 0 saturated heterocycles. The first-order valence-corrected chi connectivity index (χ1v) is 9.83. The fourth-order valence-corrected chi connectivity index (χ4v) is 3.30. The smallest absolute Gasteiger partial charge is 0.254 e. The van der Waals surface area contributed by atoms with Crippen molar-refractivity contribution in [2.75, 3.05) is 11.1 Å². The summed E-state index contributed by atoms with van der Waals surface area (Å²) >= 11 is 1.24. The van der Waals surface area contributed by atoms with Gasteiger partial charge in [-0.15, -0.1) is 10.2 Å². The van der Waals surface area contributed by atoms with E-state index in [0.717, 1.165) is 11.3 Å². The highest BCUT2D eigenvalue weighted by atomic mass is 32.2. The summed E-state index contributed by atoms with van der Waals surface area (Å²) in [6.07, 6.45) is 0. The van der Waals surface area contributed by atoms with Crippen LogP contribution >= 0.6 is 11.8 Å². The molecule has 0 aliphatic carbocycles. The van der Waals surface area contributed by atoms with Gasteiger partial charge in [0.1, 0.15) is 5.82 Å². The van der Waals surface area contributed by atoms with Crippen LogP contribution in [0.5, 0.6) is 0 Å². The Morgan fingerprint density at radius 1 is 1.14 bits per heavy atom. The van der Waals surface area contributed by atoms with Crippen molar-refractivity contribution in [2.45, 2.75) is 18.6 Å². The SMILES string of the molecule is Cc1cccc(NC(=O)CSc2nnc(CNC(=O)c3ccccc3F)n2C)c1. The summed E-state index contributed by atoms with van der Waals surface area (Å²) in [7, 11) is 1.74. The zero-order valence-electron chi connectivity index (χ0n) is 16.0. The molecule has 7 nitrogen and oxygen atoms in total. The van der Waals surface area contributed by atoms with Crippen molar-refractivity contribution in [1.82, 2.24) is 20.1 Å². The van der Waals surface area contributed by atoms with Crippen molar-refractivity contribution < 1.29 is 14.0 Å². The highest BCUT2D eigenvalue weighted by Gasteiger charge is 2.14. The van der Waals surface area contributed by atoms with Crippen molar-refractivity contribution in [1.29, 1.82) is 0 Å². The number of aryl methyl sites for hydroxylation is 1. The number of carbonyl (C=O) groups is 2. The van der Waals surface area contributed by atoms with Crippen LogP contribution in [0.4, 0.5) is 10.1 Å². The number of hydrogen-bond acceptors (Lipinski definition) is 5. The number of halogens is 1. The number of nitrogens with zero attached hydrogens (tertiary/aromatic N) is 3. The molecule has 0 spiro atoms. The molecule has 0 radical (unpaired) electrons. The summed E-state index contributed by atoms with van der Waals surface area (Å²) in [5.74, 6) is -0.604. The number of rotatable bonds is 7. The Labute approximate surface area is 171 Å². The number of thioether (sulfide) groups is 1. The van der Waals surface area contributed by atoms with Crippen molar-refractivity contribution in [2.24, 2.45) is 7.05 Å². The molecule has 2 aromatic carbocycles. The Morgan fingerprint density at radius 3 is 2.69 bits per heavy atom. The van der Waals surface area contributed by atoms with Gasteiger partial charge in [0.15, 0.2) is 11.0 Å². The van der Waals surface area contributed by atoms with Crippen molar-refractivity contribution in [3.05, 3.63) is 71.3 Å². The van der Waals surface area contributed by atoms with Crippen LogP contribution in [0, 0.1) is 12.7 Å². The zero-order chi connectivity index (χ0) is 20.8. The first kappa shape index (κ1) is 20.5. The molecular weight excluding hydrogens is 393 g/mol. The Bertz CT molecular complexity index is 1040. The van der Waals surface area contributed by atoms with Gasteiger partial charge in [0, 0.05) is 12.7 Å². The van der Waals surface area contributed by atoms with Gasteiger partial charge in [-0.25, -0.2) is 4.39 Å². The second-order valence-electron chi connectivity index (χ2n) is 6.33. The molecule has 9 heteroatoms. The van der Waals surface area contributed by atoms with E-state index < -0.39 is 11.7 Å². The molecule has 0 fully saturated rings. The maximum Gasteiger partial charge on any atom is 0.254 e. The van der Waals surface area contributed by atoms with Gasteiger partial charge in [0.2, 0.25) is 5.91 Å². The van der Waals surface area contributed by atoms with Crippen molar-refractivity contribution in [3.8, 4) is 0 Å². The summed E-state index contributed by atoms with van der Waals surface area (Å²) in [5, 5.41) is 14.1. The molecule has 150 valence electrons. The van der Waals surface area contributed by atoms with Crippen LogP contribution < -0.4 is 10.6 Å². The van der Waals surface area contributed by atoms with E-state index in [1.807, 2.05) is 31.2 Å². The molecule has 29 heavy (non-hydrogen) atoms. The lowest BCUT2D eigenvalue weighted by atomic mass is 10.2. The number of anilines is 1. The number of amides is 2. The summed E-state index contributed by atoms with van der Waals surface area (Å²) in [6, 6.07) is 13.3. The first-order chi connectivity index (χ1) is 13.9. The lowest BCUT2D eigenvalue weighted by Gasteiger charge is -2.07. The molecule has 0 atom stereocenters. The van der Waals surface area contributed by atoms with E-state index >= 15 is 0 Å². The average Bonchev–Trinajstić information content (AvgIpc) is 3.04. The van der Waals surface area contributed by atoms with E-state index in [0.29, 0.717) is 11.0 Å². The molecule has 1 heterocycles. The minimum atomic E-state index is -0.584. The van der Waals surface area contributed by atoms with E-state index in [1.54, 1.807) is 17.7 Å². The van der Waals surface area contributed by atoms with Crippen LogP contribution in [0.2, 0.25) is 0 Å². The number of nitrogens with one attached hydrogen (secondary N) is 2. The largest absolute Gasteiger partial charge is 0.345 e. The third kappa shape index (κ3) is 5.41. The van der Waals surface area contributed by atoms with E-state index in [2.05, 4.69) is 20.8 Å². The van der Waals surface area contributed by atoms with Crippen LogP contribution in [-0.2, 0) is 18.4 Å². The maximum absolute atomic E-state index is 13.7. The standard InChI is InChI=1S/C20H20FN5O2S/c1-13-6-5-7-14(10-13)23-18(27)12-29-20-25-24-17(26(20)2)11-22-19(28)15-8-3-4-9-16(15)21/h3-10H,11-12H2,1-2H3,(H,22,28)(H,23,27). The normalized spacial score (nSPS) is 10.6. The van der Waals surface area contributed by atoms with Crippen LogP contribution in [0.15, 0.2) is 53.7 Å². The second-order valence-corrected chi connectivity index (χ2v) is 7.27. The Balaban J connectivity index is 1.53. The fourth-order valence-electron chi connectivity index (χ4n) is 2.57. The molecule has 3 aromatic rings. The zero-order valence-corrected chi connectivity index (χ0v) is 16.8. The quantitative estimate of drug-likeness (QED) is 0.582. The van der Waals surface area contributed by atoms with Crippen LogP contribution in [-0.4, -0.2) is 32.3 Å². The Kier molecular flexibility index (Phi) is 6.61. The van der Waals surface area contributed by atoms with E-state index in [-0.39, 0.29) is 23.8 Å². The predicted molar refractivity (Wildman–Crippen MR) is 109 cm³/mol. The predicted octanol–water partition coefficient (Wildman–Crippen LogP) is 2.92.